The summed E-state index contributed by atoms with van der Waals surface area (Å²) in [4.78, 5) is 17.2. The van der Waals surface area contributed by atoms with Crippen LogP contribution in [0.3, 0.4) is 0 Å². The largest absolute Gasteiger partial charge is 0.379 e. The normalized spacial score (nSPS) is 20.6. The van der Waals surface area contributed by atoms with Crippen LogP contribution in [0.4, 0.5) is 0 Å². The first-order chi connectivity index (χ1) is 13.6. The Kier molecular flexibility index (Phi) is 5.48. The summed E-state index contributed by atoms with van der Waals surface area (Å²) >= 11 is 0. The molecule has 0 radical (unpaired) electrons. The van der Waals surface area contributed by atoms with Crippen LogP contribution in [-0.4, -0.2) is 62.8 Å². The first-order valence-electron chi connectivity index (χ1n) is 9.54. The molecule has 0 N–H and O–H groups in total. The fourth-order valence-corrected chi connectivity index (χ4v) is 5.50. The first kappa shape index (κ1) is 19.1. The van der Waals surface area contributed by atoms with Crippen LogP contribution in [0.15, 0.2) is 59.5 Å². The Bertz CT molecular complexity index is 940. The van der Waals surface area contributed by atoms with Gasteiger partial charge >= 0.3 is 0 Å². The molecule has 1 unspecified atom stereocenters. The molecule has 2 heterocycles. The Morgan fingerprint density at radius 2 is 1.64 bits per heavy atom. The van der Waals surface area contributed by atoms with Gasteiger partial charge in [-0.1, -0.05) is 42.5 Å². The zero-order chi connectivity index (χ0) is 19.6. The van der Waals surface area contributed by atoms with Gasteiger partial charge in [-0.05, 0) is 24.1 Å². The maximum Gasteiger partial charge on any atom is 0.256 e. The monoisotopic (exact) mass is 400 g/mol. The molecule has 0 aliphatic carbocycles. The van der Waals surface area contributed by atoms with Crippen molar-refractivity contribution in [3.05, 3.63) is 65.7 Å². The highest BCUT2D eigenvalue weighted by atomic mass is 32.2. The quantitative estimate of drug-likeness (QED) is 0.771. The topological polar surface area (TPSA) is 66.9 Å². The number of morpholine rings is 1. The summed E-state index contributed by atoms with van der Waals surface area (Å²) in [5.41, 5.74) is 1.22. The van der Waals surface area contributed by atoms with Crippen molar-refractivity contribution in [1.82, 2.24) is 9.80 Å². The van der Waals surface area contributed by atoms with Crippen LogP contribution in [0.2, 0.25) is 0 Å². The standard InChI is InChI=1S/C21H24N2O4S/c24-21-18-8-4-5-9-20(18)28(25,26)16-23(21)19(17-6-2-1-3-7-17)10-11-22-12-14-27-15-13-22/h1-9,19H,10-16H2. The molecule has 0 bridgehead atoms. The fourth-order valence-electron chi connectivity index (χ4n) is 3.92. The molecule has 2 aliphatic rings. The van der Waals surface area contributed by atoms with E-state index in [1.54, 1.807) is 18.2 Å². The van der Waals surface area contributed by atoms with Gasteiger partial charge in [0.2, 0.25) is 0 Å². The molecule has 28 heavy (non-hydrogen) atoms. The zero-order valence-corrected chi connectivity index (χ0v) is 16.5. The second-order valence-corrected chi connectivity index (χ2v) is 9.11. The molecule has 0 spiro atoms. The Hall–Kier alpha value is -2.22. The zero-order valence-electron chi connectivity index (χ0n) is 15.7. The van der Waals surface area contributed by atoms with Crippen molar-refractivity contribution in [2.75, 3.05) is 38.7 Å². The smallest absolute Gasteiger partial charge is 0.256 e. The molecule has 0 aromatic heterocycles. The molecule has 2 aromatic carbocycles. The first-order valence-corrected chi connectivity index (χ1v) is 11.2. The maximum absolute atomic E-state index is 13.2. The van der Waals surface area contributed by atoms with Gasteiger partial charge in [0.05, 0.1) is 29.7 Å². The number of carbonyl (C=O) groups is 1. The summed E-state index contributed by atoms with van der Waals surface area (Å²) < 4.78 is 31.1. The van der Waals surface area contributed by atoms with Crippen molar-refractivity contribution in [3.8, 4) is 0 Å². The number of fused-ring (bicyclic) bond motifs is 1. The van der Waals surface area contributed by atoms with Crippen LogP contribution in [0.1, 0.15) is 28.4 Å². The number of ether oxygens (including phenoxy) is 1. The summed E-state index contributed by atoms with van der Waals surface area (Å²) in [5, 5.41) is 0. The van der Waals surface area contributed by atoms with Crippen molar-refractivity contribution in [1.29, 1.82) is 0 Å². The van der Waals surface area contributed by atoms with Gasteiger partial charge in [-0.2, -0.15) is 0 Å². The average Bonchev–Trinajstić information content (AvgIpc) is 2.73. The Morgan fingerprint density at radius 3 is 2.39 bits per heavy atom. The summed E-state index contributed by atoms with van der Waals surface area (Å²) in [5.74, 6) is -0.507. The van der Waals surface area contributed by atoms with E-state index in [1.165, 1.54) is 11.0 Å². The lowest BCUT2D eigenvalue weighted by molar-refractivity contribution is 0.0325. The highest BCUT2D eigenvalue weighted by molar-refractivity contribution is 7.91. The molecule has 7 heteroatoms. The molecule has 0 saturated carbocycles. The number of benzene rings is 2. The van der Waals surface area contributed by atoms with E-state index < -0.39 is 9.84 Å². The summed E-state index contributed by atoms with van der Waals surface area (Å²) in [7, 11) is -3.55. The van der Waals surface area contributed by atoms with Gasteiger partial charge in [0.15, 0.2) is 9.84 Å². The number of nitrogens with zero attached hydrogens (tertiary/aromatic N) is 2. The van der Waals surface area contributed by atoms with E-state index in [2.05, 4.69) is 4.90 Å². The third-order valence-electron chi connectivity index (χ3n) is 5.41. The van der Waals surface area contributed by atoms with E-state index in [1.807, 2.05) is 30.3 Å². The van der Waals surface area contributed by atoms with E-state index in [0.29, 0.717) is 19.6 Å². The minimum atomic E-state index is -3.55. The van der Waals surface area contributed by atoms with Gasteiger partial charge in [0.25, 0.3) is 5.91 Å². The molecule has 1 saturated heterocycles. The van der Waals surface area contributed by atoms with Gasteiger partial charge in [-0.15, -0.1) is 0 Å². The van der Waals surface area contributed by atoms with Crippen molar-refractivity contribution < 1.29 is 17.9 Å². The lowest BCUT2D eigenvalue weighted by Gasteiger charge is -2.37. The van der Waals surface area contributed by atoms with Crippen LogP contribution in [0, 0.1) is 0 Å². The van der Waals surface area contributed by atoms with E-state index in [0.717, 1.165) is 25.2 Å². The van der Waals surface area contributed by atoms with Crippen LogP contribution in [-0.2, 0) is 14.6 Å². The lowest BCUT2D eigenvalue weighted by atomic mass is 10.0. The molecule has 148 valence electrons. The van der Waals surface area contributed by atoms with Gasteiger partial charge in [0.1, 0.15) is 5.88 Å². The van der Waals surface area contributed by atoms with Crippen LogP contribution < -0.4 is 0 Å². The van der Waals surface area contributed by atoms with E-state index in [-0.39, 0.29) is 28.3 Å². The molecule has 4 rings (SSSR count). The van der Waals surface area contributed by atoms with Crippen molar-refractivity contribution in [3.63, 3.8) is 0 Å². The van der Waals surface area contributed by atoms with Gasteiger partial charge in [-0.3, -0.25) is 9.69 Å². The molecule has 6 nitrogen and oxygen atoms in total. The third-order valence-corrected chi connectivity index (χ3v) is 7.05. The molecule has 1 amide bonds. The van der Waals surface area contributed by atoms with Crippen molar-refractivity contribution in [2.24, 2.45) is 0 Å². The van der Waals surface area contributed by atoms with E-state index in [4.69, 9.17) is 4.74 Å². The van der Waals surface area contributed by atoms with E-state index in [9.17, 15) is 13.2 Å². The predicted octanol–water partition coefficient (Wildman–Crippen LogP) is 2.34. The second kappa shape index (κ2) is 8.03. The summed E-state index contributed by atoms with van der Waals surface area (Å²) in [6, 6.07) is 15.9. The SMILES string of the molecule is O=C1c2ccccc2S(=O)(=O)CN1C(CCN1CCOCC1)c1ccccc1. The van der Waals surface area contributed by atoms with Crippen LogP contribution in [0.5, 0.6) is 0 Å². The van der Waals surface area contributed by atoms with Crippen LogP contribution in [0.25, 0.3) is 0 Å². The molecule has 1 fully saturated rings. The number of rotatable bonds is 5. The summed E-state index contributed by atoms with van der Waals surface area (Å²) in [6.07, 6.45) is 0.674. The number of amides is 1. The average molecular weight is 401 g/mol. The Morgan fingerprint density at radius 1 is 0.964 bits per heavy atom. The fraction of sp³-hybridized carbons (Fsp3) is 0.381. The van der Waals surface area contributed by atoms with Gasteiger partial charge in [0, 0.05) is 19.6 Å². The van der Waals surface area contributed by atoms with Crippen molar-refractivity contribution in [2.45, 2.75) is 17.4 Å². The van der Waals surface area contributed by atoms with Crippen molar-refractivity contribution >= 4 is 15.7 Å². The van der Waals surface area contributed by atoms with Crippen LogP contribution >= 0.6 is 0 Å². The number of sulfone groups is 1. The highest BCUT2D eigenvalue weighted by Gasteiger charge is 2.38. The maximum atomic E-state index is 13.2. The summed E-state index contributed by atoms with van der Waals surface area (Å²) in [6.45, 7) is 3.92. The minimum absolute atomic E-state index is 0.135. The molecule has 2 aliphatic heterocycles. The number of hydrogen-bond acceptors (Lipinski definition) is 5. The number of carbonyl (C=O) groups excluding carboxylic acids is 1. The second-order valence-electron chi connectivity index (χ2n) is 7.18. The predicted molar refractivity (Wildman–Crippen MR) is 106 cm³/mol. The highest BCUT2D eigenvalue weighted by Crippen LogP contribution is 2.33. The van der Waals surface area contributed by atoms with Gasteiger partial charge in [-0.25, -0.2) is 8.42 Å². The Labute approximate surface area is 165 Å². The Balaban J connectivity index is 1.65. The molecular formula is C21H24N2O4S. The number of hydrogen-bond donors (Lipinski definition) is 0. The van der Waals surface area contributed by atoms with E-state index >= 15 is 0 Å². The molecule has 1 atom stereocenters. The molecule has 2 aromatic rings. The van der Waals surface area contributed by atoms with Gasteiger partial charge < -0.3 is 9.64 Å². The lowest BCUT2D eigenvalue weighted by Crippen LogP contribution is -2.45. The molecular weight excluding hydrogens is 376 g/mol. The third kappa shape index (κ3) is 3.83. The minimum Gasteiger partial charge on any atom is -0.379 e.